The molecule has 0 aromatic heterocycles. The molecule has 2 aromatic carbocycles. The first-order valence-electron chi connectivity index (χ1n) is 5.65. The van der Waals surface area contributed by atoms with Crippen molar-refractivity contribution in [2.45, 2.75) is 6.92 Å². The Labute approximate surface area is 117 Å². The van der Waals surface area contributed by atoms with E-state index < -0.39 is 7.92 Å². The summed E-state index contributed by atoms with van der Waals surface area (Å²) in [6, 6.07) is 20.5. The van der Waals surface area contributed by atoms with Crippen LogP contribution in [-0.4, -0.2) is 5.11 Å². The molecule has 3 heteroatoms. The van der Waals surface area contributed by atoms with Gasteiger partial charge in [0.2, 0.25) is 0 Å². The second-order valence-corrected chi connectivity index (χ2v) is 7.44. The minimum Gasteiger partial charge on any atom is -0.511 e. The molecule has 0 unspecified atom stereocenters. The molecule has 0 aliphatic rings. The van der Waals surface area contributed by atoms with Crippen LogP contribution in [0.2, 0.25) is 0 Å². The number of halogens is 1. The van der Waals surface area contributed by atoms with Crippen LogP contribution in [0.3, 0.4) is 0 Å². The summed E-state index contributed by atoms with van der Waals surface area (Å²) in [6.45, 7) is 1.71. The van der Waals surface area contributed by atoms with Gasteiger partial charge in [0.15, 0.2) is 0 Å². The molecule has 92 valence electrons. The minimum atomic E-state index is -0.705. The van der Waals surface area contributed by atoms with Crippen LogP contribution in [-0.2, 0) is 0 Å². The molecule has 0 aliphatic heterocycles. The Balaban J connectivity index is 2.53. The van der Waals surface area contributed by atoms with E-state index >= 15 is 0 Å². The van der Waals surface area contributed by atoms with E-state index in [-0.39, 0.29) is 0 Å². The highest BCUT2D eigenvalue weighted by molar-refractivity contribution is 9.13. The zero-order valence-corrected chi connectivity index (χ0v) is 12.5. The third kappa shape index (κ3) is 3.01. The number of aliphatic hydroxyl groups is 1. The summed E-state index contributed by atoms with van der Waals surface area (Å²) in [5, 5.41) is 12.2. The molecule has 18 heavy (non-hydrogen) atoms. The van der Waals surface area contributed by atoms with Crippen molar-refractivity contribution in [3.63, 3.8) is 0 Å². The fourth-order valence-electron chi connectivity index (χ4n) is 1.69. The van der Waals surface area contributed by atoms with Gasteiger partial charge in [-0.3, -0.25) is 0 Å². The van der Waals surface area contributed by atoms with E-state index in [1.54, 1.807) is 6.92 Å². The first-order chi connectivity index (χ1) is 8.70. The van der Waals surface area contributed by atoms with Crippen molar-refractivity contribution in [3.8, 4) is 0 Å². The van der Waals surface area contributed by atoms with Crippen molar-refractivity contribution in [2.75, 3.05) is 0 Å². The molecule has 0 saturated heterocycles. The van der Waals surface area contributed by atoms with Gasteiger partial charge in [0.05, 0.1) is 4.22 Å². The summed E-state index contributed by atoms with van der Waals surface area (Å²) in [6.07, 6.45) is 0. The molecule has 1 nitrogen and oxygen atoms in total. The highest BCUT2D eigenvalue weighted by Gasteiger charge is 2.18. The number of aliphatic hydroxyl groups excluding tert-OH is 1. The van der Waals surface area contributed by atoms with Crippen molar-refractivity contribution in [3.05, 3.63) is 70.6 Å². The molecule has 0 atom stereocenters. The number of hydrogen-bond acceptors (Lipinski definition) is 1. The highest BCUT2D eigenvalue weighted by atomic mass is 79.9. The largest absolute Gasteiger partial charge is 0.511 e. The number of hydrogen-bond donors (Lipinski definition) is 1. The van der Waals surface area contributed by atoms with E-state index in [9.17, 15) is 5.11 Å². The molecule has 1 N–H and O–H groups in total. The van der Waals surface area contributed by atoms with Gasteiger partial charge in [0.25, 0.3) is 0 Å². The van der Waals surface area contributed by atoms with Gasteiger partial charge in [-0.25, -0.2) is 0 Å². The number of rotatable bonds is 3. The quantitative estimate of drug-likeness (QED) is 0.661. The summed E-state index contributed by atoms with van der Waals surface area (Å²) in [7, 11) is -0.705. The lowest BCUT2D eigenvalue weighted by molar-refractivity contribution is 0.415. The van der Waals surface area contributed by atoms with E-state index in [0.29, 0.717) is 5.76 Å². The molecular weight excluding hydrogens is 307 g/mol. The lowest BCUT2D eigenvalue weighted by Gasteiger charge is -2.18. The van der Waals surface area contributed by atoms with Crippen LogP contribution in [0.15, 0.2) is 70.6 Å². The van der Waals surface area contributed by atoms with Crippen LogP contribution in [0, 0.1) is 0 Å². The van der Waals surface area contributed by atoms with Crippen molar-refractivity contribution in [1.29, 1.82) is 0 Å². The zero-order valence-electron chi connectivity index (χ0n) is 10.0. The predicted molar refractivity (Wildman–Crippen MR) is 83.3 cm³/mol. The van der Waals surface area contributed by atoms with Gasteiger partial charge in [-0.15, -0.1) is 0 Å². The topological polar surface area (TPSA) is 20.2 Å². The van der Waals surface area contributed by atoms with Crippen molar-refractivity contribution in [2.24, 2.45) is 0 Å². The Morgan fingerprint density at radius 3 is 1.61 bits per heavy atom. The Bertz CT molecular complexity index is 493. The Morgan fingerprint density at radius 1 is 0.889 bits per heavy atom. The molecule has 2 aromatic rings. The number of benzene rings is 2. The normalized spacial score (nSPS) is 12.4. The van der Waals surface area contributed by atoms with Gasteiger partial charge in [0.1, 0.15) is 5.76 Å². The van der Waals surface area contributed by atoms with Crippen LogP contribution in [0.5, 0.6) is 0 Å². The third-order valence-corrected chi connectivity index (χ3v) is 6.51. The molecule has 0 spiro atoms. The molecular formula is C15H14BrOP. The van der Waals surface area contributed by atoms with E-state index in [4.69, 9.17) is 0 Å². The molecule has 0 heterocycles. The summed E-state index contributed by atoms with van der Waals surface area (Å²) in [5.74, 6) is 0.341. The fourth-order valence-corrected chi connectivity index (χ4v) is 4.94. The van der Waals surface area contributed by atoms with Crippen molar-refractivity contribution >= 4 is 34.5 Å². The lowest BCUT2D eigenvalue weighted by Crippen LogP contribution is -2.11. The summed E-state index contributed by atoms with van der Waals surface area (Å²) in [4.78, 5) is 0. The lowest BCUT2D eigenvalue weighted by atomic mass is 10.4. The van der Waals surface area contributed by atoms with Crippen LogP contribution < -0.4 is 10.6 Å². The molecule has 0 aliphatic carbocycles. The van der Waals surface area contributed by atoms with Crippen LogP contribution >= 0.6 is 23.9 Å². The van der Waals surface area contributed by atoms with E-state index in [1.165, 1.54) is 10.6 Å². The van der Waals surface area contributed by atoms with Gasteiger partial charge in [-0.1, -0.05) is 60.7 Å². The zero-order chi connectivity index (χ0) is 13.0. The van der Waals surface area contributed by atoms with Gasteiger partial charge >= 0.3 is 0 Å². The molecule has 0 fully saturated rings. The van der Waals surface area contributed by atoms with Gasteiger partial charge in [-0.2, -0.15) is 0 Å². The van der Waals surface area contributed by atoms with Crippen LogP contribution in [0.4, 0.5) is 0 Å². The number of allylic oxidation sites excluding steroid dienone is 1. The van der Waals surface area contributed by atoms with Gasteiger partial charge in [-0.05, 0) is 41.4 Å². The standard InChI is InChI=1S/C15H14BrOP/c1-12(17)15(16)18(13-8-4-2-5-9-13)14-10-6-3-7-11-14/h2-11,17H,1H3/b15-12-. The maximum absolute atomic E-state index is 9.76. The maximum Gasteiger partial charge on any atom is 0.104 e. The smallest absolute Gasteiger partial charge is 0.104 e. The molecule has 0 bridgehead atoms. The van der Waals surface area contributed by atoms with Crippen molar-refractivity contribution < 1.29 is 5.11 Å². The van der Waals surface area contributed by atoms with E-state index in [2.05, 4.69) is 40.2 Å². The van der Waals surface area contributed by atoms with Crippen LogP contribution in [0.1, 0.15) is 6.92 Å². The maximum atomic E-state index is 9.76. The second kappa shape index (κ2) is 6.17. The Morgan fingerprint density at radius 2 is 1.28 bits per heavy atom. The molecule has 0 saturated carbocycles. The molecule has 2 rings (SSSR count). The minimum absolute atomic E-state index is 0.341. The highest BCUT2D eigenvalue weighted by Crippen LogP contribution is 2.47. The van der Waals surface area contributed by atoms with E-state index in [0.717, 1.165) is 4.22 Å². The van der Waals surface area contributed by atoms with Gasteiger partial charge < -0.3 is 5.11 Å². The summed E-state index contributed by atoms with van der Waals surface area (Å²) >= 11 is 3.54. The first-order valence-corrected chi connectivity index (χ1v) is 7.79. The predicted octanol–water partition coefficient (Wildman–Crippen LogP) is 4.26. The van der Waals surface area contributed by atoms with Gasteiger partial charge in [0, 0.05) is 0 Å². The average molecular weight is 321 g/mol. The van der Waals surface area contributed by atoms with E-state index in [1.807, 2.05) is 36.4 Å². The molecule has 0 radical (unpaired) electrons. The third-order valence-electron chi connectivity index (χ3n) is 2.52. The Hall–Kier alpha value is -1.11. The fraction of sp³-hybridized carbons (Fsp3) is 0.0667. The molecule has 0 amide bonds. The average Bonchev–Trinajstić information content (AvgIpc) is 2.41. The van der Waals surface area contributed by atoms with Crippen molar-refractivity contribution in [1.82, 2.24) is 0 Å². The SMILES string of the molecule is C/C(O)=C(\Br)P(c1ccccc1)c1ccccc1. The van der Waals surface area contributed by atoms with Crippen LogP contribution in [0.25, 0.3) is 0 Å². The summed E-state index contributed by atoms with van der Waals surface area (Å²) in [5.41, 5.74) is 0. The second-order valence-electron chi connectivity index (χ2n) is 3.88. The first kappa shape index (κ1) is 13.3. The Kier molecular flexibility index (Phi) is 4.57. The summed E-state index contributed by atoms with van der Waals surface area (Å²) < 4.78 is 0.870. The monoisotopic (exact) mass is 320 g/mol.